The Balaban J connectivity index is 1.35. The van der Waals surface area contributed by atoms with Crippen LogP contribution in [0.5, 0.6) is 17.2 Å². The fourth-order valence-electron chi connectivity index (χ4n) is 7.35. The first-order valence-corrected chi connectivity index (χ1v) is 20.3. The number of fused-ring (bicyclic) bond motifs is 1. The van der Waals surface area contributed by atoms with Crippen molar-refractivity contribution in [1.29, 1.82) is 0 Å². The number of benzene rings is 5. The van der Waals surface area contributed by atoms with Crippen molar-refractivity contribution >= 4 is 57.4 Å². The minimum atomic E-state index is -1.14. The van der Waals surface area contributed by atoms with Gasteiger partial charge in [0.1, 0.15) is 46.4 Å². The summed E-state index contributed by atoms with van der Waals surface area (Å²) in [4.78, 5) is 8.70. The van der Waals surface area contributed by atoms with Crippen molar-refractivity contribution in [2.45, 2.75) is 25.6 Å². The van der Waals surface area contributed by atoms with E-state index < -0.39 is 17.5 Å². The van der Waals surface area contributed by atoms with E-state index >= 15 is 0 Å². The van der Waals surface area contributed by atoms with Crippen molar-refractivity contribution in [1.82, 2.24) is 14.5 Å². The summed E-state index contributed by atoms with van der Waals surface area (Å²) < 4.78 is 47.0. The van der Waals surface area contributed by atoms with Crippen molar-refractivity contribution < 1.29 is 28.1 Å². The molecule has 5 aromatic carbocycles. The van der Waals surface area contributed by atoms with Crippen LogP contribution in [0.2, 0.25) is 20.2 Å². The monoisotopic (exact) mass is 885 g/mol. The Morgan fingerprint density at radius 3 is 1.85 bits per heavy atom. The first-order chi connectivity index (χ1) is 29.0. The number of halogens is 5. The summed E-state index contributed by atoms with van der Waals surface area (Å²) in [6.45, 7) is 7.86. The second kappa shape index (κ2) is 18.6. The predicted molar refractivity (Wildman–Crippen MR) is 237 cm³/mol. The second-order valence-electron chi connectivity index (χ2n) is 13.8. The van der Waals surface area contributed by atoms with Gasteiger partial charge in [-0.1, -0.05) is 107 Å². The van der Waals surface area contributed by atoms with Gasteiger partial charge in [0.2, 0.25) is 0 Å². The van der Waals surface area contributed by atoms with Gasteiger partial charge in [-0.25, -0.2) is 14.4 Å². The Bertz CT molecular complexity index is 2550. The quantitative estimate of drug-likeness (QED) is 0.0414. The molecule has 0 spiro atoms. The van der Waals surface area contributed by atoms with E-state index in [1.54, 1.807) is 32.4 Å². The Hall–Kier alpha value is -5.13. The summed E-state index contributed by atoms with van der Waals surface area (Å²) >= 11 is 28.4. The van der Waals surface area contributed by atoms with Crippen LogP contribution in [-0.4, -0.2) is 54.7 Å². The van der Waals surface area contributed by atoms with E-state index in [-0.39, 0.29) is 40.8 Å². The van der Waals surface area contributed by atoms with Crippen LogP contribution < -0.4 is 14.2 Å². The lowest BCUT2D eigenvalue weighted by Gasteiger charge is -2.37. The van der Waals surface area contributed by atoms with Gasteiger partial charge in [-0.05, 0) is 90.2 Å². The summed E-state index contributed by atoms with van der Waals surface area (Å²) in [6, 6.07) is 31.4. The second-order valence-corrected chi connectivity index (χ2v) is 15.3. The van der Waals surface area contributed by atoms with E-state index in [1.165, 1.54) is 18.5 Å². The van der Waals surface area contributed by atoms with Crippen LogP contribution in [0.3, 0.4) is 0 Å². The summed E-state index contributed by atoms with van der Waals surface area (Å²) in [7, 11) is 3.25. The normalized spacial score (nSPS) is 12.1. The van der Waals surface area contributed by atoms with Gasteiger partial charge in [0.25, 0.3) is 0 Å². The van der Waals surface area contributed by atoms with Gasteiger partial charge < -0.3 is 28.3 Å². The first kappa shape index (κ1) is 43.0. The molecule has 60 heavy (non-hydrogen) atoms. The van der Waals surface area contributed by atoms with Gasteiger partial charge in [0.15, 0.2) is 10.9 Å². The average molecular weight is 888 g/mol. The molecule has 2 aromatic heterocycles. The molecule has 1 atom stereocenters. The van der Waals surface area contributed by atoms with Crippen molar-refractivity contribution in [2.75, 3.05) is 34.0 Å². The van der Waals surface area contributed by atoms with E-state index in [0.717, 1.165) is 16.7 Å². The van der Waals surface area contributed by atoms with Crippen LogP contribution in [0.1, 0.15) is 27.8 Å². The predicted octanol–water partition coefficient (Wildman–Crippen LogP) is 12.4. The molecule has 13 heteroatoms. The van der Waals surface area contributed by atoms with Crippen LogP contribution in [0.15, 0.2) is 122 Å². The fraction of sp³-hybridized carbons (Fsp3) is 0.191. The van der Waals surface area contributed by atoms with E-state index in [0.29, 0.717) is 55.6 Å². The molecule has 0 amide bonds. The molecule has 0 N–H and O–H groups in total. The number of hydrogen-bond acceptors (Lipinski definition) is 7. The van der Waals surface area contributed by atoms with Crippen LogP contribution >= 0.6 is 46.4 Å². The molecule has 0 saturated carbocycles. The summed E-state index contributed by atoms with van der Waals surface area (Å²) in [5, 5.41) is 0.892. The maximum atomic E-state index is 14.1. The zero-order valence-corrected chi connectivity index (χ0v) is 36.2. The largest absolute Gasteiger partial charge is 0.497 e. The molecule has 0 bridgehead atoms. The molecule has 0 aliphatic heterocycles. The molecule has 7 aromatic rings. The van der Waals surface area contributed by atoms with Crippen molar-refractivity contribution in [3.05, 3.63) is 176 Å². The Labute approximate surface area is 368 Å². The maximum Gasteiger partial charge on any atom is 0.157 e. The van der Waals surface area contributed by atoms with Gasteiger partial charge in [0, 0.05) is 5.56 Å². The van der Waals surface area contributed by atoms with Crippen molar-refractivity contribution in [3.8, 4) is 34.2 Å². The SMILES string of the molecule is C=CCOCC(COC(c1ccccc1)(c1ccc(OC)cc1)c1ccc(OC)cc1)Oc1c(Cl)c(C)c(-n2c(-c3ccc(F)cc3)c(Cl)c3ncnc(Cl)c32)c(C)c1Cl. The molecule has 0 saturated heterocycles. The molecule has 1 unspecified atom stereocenters. The first-order valence-electron chi connectivity index (χ1n) is 18.8. The van der Waals surface area contributed by atoms with Gasteiger partial charge in [-0.2, -0.15) is 0 Å². The van der Waals surface area contributed by atoms with Crippen LogP contribution in [0.4, 0.5) is 4.39 Å². The van der Waals surface area contributed by atoms with Crippen molar-refractivity contribution in [2.24, 2.45) is 0 Å². The molecule has 0 fully saturated rings. The summed E-state index contributed by atoms with van der Waals surface area (Å²) in [6.07, 6.45) is 2.24. The third-order valence-corrected chi connectivity index (χ3v) is 11.8. The number of methoxy groups -OCH3 is 2. The molecule has 8 nitrogen and oxygen atoms in total. The summed E-state index contributed by atoms with van der Waals surface area (Å²) in [5.41, 5.74) is 5.09. The van der Waals surface area contributed by atoms with Gasteiger partial charge in [-0.15, -0.1) is 6.58 Å². The van der Waals surface area contributed by atoms with Crippen LogP contribution in [0.25, 0.3) is 28.0 Å². The zero-order valence-electron chi connectivity index (χ0n) is 33.1. The highest BCUT2D eigenvalue weighted by Gasteiger charge is 2.39. The van der Waals surface area contributed by atoms with Crippen molar-refractivity contribution in [3.63, 3.8) is 0 Å². The lowest BCUT2D eigenvalue weighted by Crippen LogP contribution is -2.38. The topological polar surface area (TPSA) is 76.9 Å². The van der Waals surface area contributed by atoms with Gasteiger partial charge in [0.05, 0.1) is 60.5 Å². The molecule has 308 valence electrons. The highest BCUT2D eigenvalue weighted by Crippen LogP contribution is 2.48. The molecule has 2 heterocycles. The van der Waals surface area contributed by atoms with Crippen LogP contribution in [0, 0.1) is 19.7 Å². The minimum Gasteiger partial charge on any atom is -0.497 e. The van der Waals surface area contributed by atoms with E-state index in [2.05, 4.69) is 16.5 Å². The Morgan fingerprint density at radius 2 is 1.30 bits per heavy atom. The summed E-state index contributed by atoms with van der Waals surface area (Å²) in [5.74, 6) is 1.21. The molecular formula is C47H40Cl4FN3O5. The third-order valence-electron chi connectivity index (χ3n) is 10.2. The highest BCUT2D eigenvalue weighted by atomic mass is 35.5. The maximum absolute atomic E-state index is 14.1. The highest BCUT2D eigenvalue weighted by molar-refractivity contribution is 6.41. The number of ether oxygens (including phenoxy) is 5. The number of aromatic nitrogens is 3. The minimum absolute atomic E-state index is 0.0100. The molecular weight excluding hydrogens is 847 g/mol. The number of hydrogen-bond donors (Lipinski definition) is 0. The smallest absolute Gasteiger partial charge is 0.157 e. The van der Waals surface area contributed by atoms with E-state index in [1.807, 2.05) is 97.3 Å². The van der Waals surface area contributed by atoms with Gasteiger partial charge >= 0.3 is 0 Å². The lowest BCUT2D eigenvalue weighted by atomic mass is 9.80. The molecule has 0 aliphatic carbocycles. The molecule has 0 aliphatic rings. The van der Waals surface area contributed by atoms with E-state index in [4.69, 9.17) is 70.1 Å². The average Bonchev–Trinajstić information content (AvgIpc) is 3.57. The van der Waals surface area contributed by atoms with Gasteiger partial charge in [-0.3, -0.25) is 0 Å². The Kier molecular flexibility index (Phi) is 13.4. The fourth-order valence-corrected chi connectivity index (χ4v) is 8.40. The zero-order chi connectivity index (χ0) is 42.6. The van der Waals surface area contributed by atoms with E-state index in [9.17, 15) is 4.39 Å². The standard InChI is InChI=1S/C47H40Cl4FN3O5/c1-6-24-58-25-37(26-59-47(31-10-8-7-9-11-31,32-14-20-35(56-4)21-15-32)33-16-22-36(57-5)23-17-33)60-45-38(48)28(2)42(29(3)39(45)49)55-43(30-12-18-34(52)19-13-30)40(50)41-44(55)46(51)54-27-53-41/h6-23,27,37H,1,24-26H2,2-5H3. The number of rotatable bonds is 16. The molecule has 7 rings (SSSR count). The van der Waals surface area contributed by atoms with Crippen LogP contribution in [-0.2, 0) is 15.1 Å². The Morgan fingerprint density at radius 1 is 0.733 bits per heavy atom. The third kappa shape index (κ3) is 8.18. The lowest BCUT2D eigenvalue weighted by molar-refractivity contribution is -0.0523. The molecule has 0 radical (unpaired) electrons. The number of nitrogens with zero attached hydrogens (tertiary/aromatic N) is 3.